The lowest BCUT2D eigenvalue weighted by atomic mass is 9.45. The van der Waals surface area contributed by atoms with Crippen LogP contribution in [-0.2, 0) is 4.79 Å². The molecule has 0 unspecified atom stereocenters. The van der Waals surface area contributed by atoms with Gasteiger partial charge in [0.15, 0.2) is 0 Å². The summed E-state index contributed by atoms with van der Waals surface area (Å²) in [7, 11) is 0. The molecule has 0 amide bonds. The zero-order valence-corrected chi connectivity index (χ0v) is 21.4. The van der Waals surface area contributed by atoms with E-state index in [9.17, 15) is 9.90 Å². The molecule has 4 aliphatic rings. The number of carbonyl (C=O) groups is 1. The van der Waals surface area contributed by atoms with Gasteiger partial charge in [0, 0.05) is 19.1 Å². The lowest BCUT2D eigenvalue weighted by molar-refractivity contribution is -0.141. The molecule has 0 bridgehead atoms. The van der Waals surface area contributed by atoms with Crippen LogP contribution in [0.5, 0.6) is 0 Å². The van der Waals surface area contributed by atoms with Crippen molar-refractivity contribution in [1.82, 2.24) is 0 Å². The molecule has 0 radical (unpaired) electrons. The summed E-state index contributed by atoms with van der Waals surface area (Å²) in [4.78, 5) is 16.2. The van der Waals surface area contributed by atoms with Crippen molar-refractivity contribution >= 4 is 17.7 Å². The summed E-state index contributed by atoms with van der Waals surface area (Å²) in [6, 6.07) is 20.0. The van der Waals surface area contributed by atoms with Crippen molar-refractivity contribution in [1.29, 1.82) is 0 Å². The van der Waals surface area contributed by atoms with Gasteiger partial charge in [-0.3, -0.25) is 9.79 Å². The highest BCUT2D eigenvalue weighted by atomic mass is 16.3. The Hall–Kier alpha value is -2.26. The fraction of sp³-hybridized carbons (Fsp3) is 0.562. The number of aliphatic hydroxyl groups is 1. The number of fused-ring (bicyclic) bond motifs is 5. The second kappa shape index (κ2) is 10.0. The van der Waals surface area contributed by atoms with Crippen LogP contribution >= 0.6 is 0 Å². The minimum absolute atomic E-state index is 0.0677. The number of hydrogen-bond donors (Lipinski definition) is 1. The van der Waals surface area contributed by atoms with Crippen LogP contribution in [0.2, 0.25) is 0 Å². The average molecular weight is 472 g/mol. The van der Waals surface area contributed by atoms with Gasteiger partial charge in [0.1, 0.15) is 5.78 Å². The Morgan fingerprint density at radius 2 is 1.51 bits per heavy atom. The van der Waals surface area contributed by atoms with Crippen molar-refractivity contribution in [2.45, 2.75) is 77.7 Å². The number of nitrogens with zero attached hydrogens (tertiary/aromatic N) is 1. The Morgan fingerprint density at radius 1 is 0.829 bits per heavy atom. The first kappa shape index (κ1) is 24.4. The van der Waals surface area contributed by atoms with Crippen LogP contribution in [0.25, 0.3) is 0 Å². The summed E-state index contributed by atoms with van der Waals surface area (Å²) in [5.41, 5.74) is 2.70. The number of benzene rings is 2. The van der Waals surface area contributed by atoms with E-state index in [2.05, 4.69) is 18.8 Å². The number of aliphatic imine (C=N–C) groups is 1. The standard InChI is InChI=1S/C19H30O2.C13H11N/c1-18-9-7-13(20)11-12(18)3-4-14-15-5-6-17(21)19(15,2)10-8-16(14)18;1-3-7-12(8-4-1)11-14-13-9-5-2-6-10-13/h12,14-17,21H,3-11H2,1-2H3;1-11H/b;14-11+/t12-,14-,15-,16-,17-,18-,19-;/m0./s1. The van der Waals surface area contributed by atoms with Crippen LogP contribution < -0.4 is 0 Å². The second-order valence-corrected chi connectivity index (χ2v) is 12.0. The predicted octanol–water partition coefficient (Wildman–Crippen LogP) is 7.40. The molecule has 6 rings (SSSR count). The monoisotopic (exact) mass is 471 g/mol. The minimum Gasteiger partial charge on any atom is -0.393 e. The highest BCUT2D eigenvalue weighted by Gasteiger charge is 2.59. The van der Waals surface area contributed by atoms with Crippen LogP contribution in [0.3, 0.4) is 0 Å². The Kier molecular flexibility index (Phi) is 6.99. The average Bonchev–Trinajstić information content (AvgIpc) is 3.19. The van der Waals surface area contributed by atoms with Gasteiger partial charge in [0.2, 0.25) is 0 Å². The third-order valence-corrected chi connectivity index (χ3v) is 10.4. The van der Waals surface area contributed by atoms with Gasteiger partial charge in [-0.2, -0.15) is 0 Å². The molecule has 0 spiro atoms. The summed E-state index contributed by atoms with van der Waals surface area (Å²) in [6.07, 6.45) is 11.9. The van der Waals surface area contributed by atoms with Gasteiger partial charge in [-0.1, -0.05) is 62.4 Å². The van der Waals surface area contributed by atoms with Crippen LogP contribution in [0.15, 0.2) is 65.7 Å². The maximum absolute atomic E-state index is 11.9. The van der Waals surface area contributed by atoms with Gasteiger partial charge in [-0.05, 0) is 97.1 Å². The summed E-state index contributed by atoms with van der Waals surface area (Å²) < 4.78 is 0. The number of carbonyl (C=O) groups excluding carboxylic acids is 1. The molecule has 4 saturated carbocycles. The first-order valence-electron chi connectivity index (χ1n) is 13.7. The first-order chi connectivity index (χ1) is 16.9. The molecule has 4 aliphatic carbocycles. The predicted molar refractivity (Wildman–Crippen MR) is 143 cm³/mol. The maximum atomic E-state index is 11.9. The Labute approximate surface area is 211 Å². The molecule has 0 heterocycles. The SMILES string of the molecule is C(=N\c1ccccc1)/c1ccccc1.C[C@]12CCC(=O)C[C@@H]1CC[C@@H]1[C@@H]2CC[C@]2(C)[C@@H](O)CC[C@@H]12. The van der Waals surface area contributed by atoms with Crippen molar-refractivity contribution < 1.29 is 9.90 Å². The zero-order valence-electron chi connectivity index (χ0n) is 21.4. The molecule has 2 aromatic rings. The third-order valence-electron chi connectivity index (χ3n) is 10.4. The number of ketones is 1. The van der Waals surface area contributed by atoms with Crippen molar-refractivity contribution in [3.05, 3.63) is 66.2 Å². The topological polar surface area (TPSA) is 49.7 Å². The number of para-hydroxylation sites is 1. The molecule has 3 nitrogen and oxygen atoms in total. The normalized spacial score (nSPS) is 38.1. The smallest absolute Gasteiger partial charge is 0.133 e. The Morgan fingerprint density at radius 3 is 2.26 bits per heavy atom. The summed E-state index contributed by atoms with van der Waals surface area (Å²) in [5, 5.41) is 10.5. The summed E-state index contributed by atoms with van der Waals surface area (Å²) >= 11 is 0. The molecular formula is C32H41NO2. The van der Waals surface area contributed by atoms with Gasteiger partial charge in [-0.25, -0.2) is 0 Å². The molecule has 35 heavy (non-hydrogen) atoms. The Bertz CT molecular complexity index is 993. The van der Waals surface area contributed by atoms with E-state index in [-0.39, 0.29) is 11.5 Å². The van der Waals surface area contributed by atoms with E-state index in [4.69, 9.17) is 0 Å². The van der Waals surface area contributed by atoms with Crippen molar-refractivity contribution in [3.8, 4) is 0 Å². The zero-order chi connectivity index (χ0) is 24.5. The number of Topliss-reactive ketones (excluding diaryl/α,β-unsaturated/α-hetero) is 1. The molecule has 7 atom stereocenters. The van der Waals surface area contributed by atoms with Crippen LogP contribution in [0.4, 0.5) is 5.69 Å². The fourth-order valence-electron chi connectivity index (χ4n) is 8.22. The summed E-state index contributed by atoms with van der Waals surface area (Å²) in [5.74, 6) is 3.52. The molecular weight excluding hydrogens is 430 g/mol. The quantitative estimate of drug-likeness (QED) is 0.464. The number of rotatable bonds is 2. The molecule has 0 saturated heterocycles. The third kappa shape index (κ3) is 4.77. The highest BCUT2D eigenvalue weighted by molar-refractivity contribution is 5.81. The van der Waals surface area contributed by atoms with Gasteiger partial charge in [0.05, 0.1) is 11.8 Å². The van der Waals surface area contributed by atoms with Crippen LogP contribution in [0, 0.1) is 34.5 Å². The van der Waals surface area contributed by atoms with E-state index in [1.54, 1.807) is 0 Å². The van der Waals surface area contributed by atoms with Crippen molar-refractivity contribution in [2.24, 2.45) is 39.5 Å². The largest absolute Gasteiger partial charge is 0.393 e. The van der Waals surface area contributed by atoms with Crippen LogP contribution in [-0.4, -0.2) is 23.2 Å². The van der Waals surface area contributed by atoms with E-state index in [1.165, 1.54) is 32.1 Å². The number of aliphatic hydroxyl groups excluding tert-OH is 1. The van der Waals surface area contributed by atoms with E-state index in [0.717, 1.165) is 54.7 Å². The summed E-state index contributed by atoms with van der Waals surface area (Å²) in [6.45, 7) is 4.85. The van der Waals surface area contributed by atoms with Gasteiger partial charge in [-0.15, -0.1) is 0 Å². The lowest BCUT2D eigenvalue weighted by Crippen LogP contribution is -2.54. The van der Waals surface area contributed by atoms with Gasteiger partial charge in [0.25, 0.3) is 0 Å². The molecule has 2 aromatic carbocycles. The number of hydrogen-bond acceptors (Lipinski definition) is 3. The van der Waals surface area contributed by atoms with E-state index >= 15 is 0 Å². The van der Waals surface area contributed by atoms with Crippen molar-refractivity contribution in [3.63, 3.8) is 0 Å². The minimum atomic E-state index is -0.0677. The molecule has 186 valence electrons. The Balaban J connectivity index is 0.000000158. The van der Waals surface area contributed by atoms with Gasteiger partial charge >= 0.3 is 0 Å². The maximum Gasteiger partial charge on any atom is 0.133 e. The van der Waals surface area contributed by atoms with E-state index in [0.29, 0.717) is 17.1 Å². The van der Waals surface area contributed by atoms with Crippen molar-refractivity contribution in [2.75, 3.05) is 0 Å². The fourth-order valence-corrected chi connectivity index (χ4v) is 8.22. The van der Waals surface area contributed by atoms with Gasteiger partial charge < -0.3 is 5.11 Å². The highest BCUT2D eigenvalue weighted by Crippen LogP contribution is 2.65. The van der Waals surface area contributed by atoms with Crippen LogP contribution in [0.1, 0.15) is 77.2 Å². The molecule has 1 N–H and O–H groups in total. The molecule has 4 fully saturated rings. The lowest BCUT2D eigenvalue weighted by Gasteiger charge is -2.60. The molecule has 0 aliphatic heterocycles. The van der Waals surface area contributed by atoms with E-state index in [1.807, 2.05) is 66.9 Å². The molecule has 0 aromatic heterocycles. The molecule has 3 heteroatoms. The van der Waals surface area contributed by atoms with E-state index < -0.39 is 0 Å². The first-order valence-corrected chi connectivity index (χ1v) is 13.7. The second-order valence-electron chi connectivity index (χ2n) is 12.0.